The van der Waals surface area contributed by atoms with Crippen molar-refractivity contribution >= 4 is 28.1 Å². The van der Waals surface area contributed by atoms with Crippen molar-refractivity contribution in [1.82, 2.24) is 9.88 Å². The molecule has 0 atom stereocenters. The fourth-order valence-corrected chi connectivity index (χ4v) is 5.88. The number of nitrogens with zero attached hydrogens (tertiary/aromatic N) is 2. The number of pyridine rings is 1. The summed E-state index contributed by atoms with van der Waals surface area (Å²) in [5.74, 6) is 1.42. The van der Waals surface area contributed by atoms with Crippen LogP contribution in [-0.2, 0) is 19.4 Å². The summed E-state index contributed by atoms with van der Waals surface area (Å²) in [6.07, 6.45) is 5.52. The third-order valence-electron chi connectivity index (χ3n) is 7.09. The number of benzene rings is 2. The maximum absolute atomic E-state index is 13.5. The lowest BCUT2D eigenvalue weighted by Crippen LogP contribution is -2.32. The van der Waals surface area contributed by atoms with Crippen molar-refractivity contribution in [3.63, 3.8) is 0 Å². The summed E-state index contributed by atoms with van der Waals surface area (Å²) in [5, 5.41) is 3.09. The molecule has 0 radical (unpaired) electrons. The summed E-state index contributed by atoms with van der Waals surface area (Å²) < 4.78 is 11.4. The third-order valence-corrected chi connectivity index (χ3v) is 7.94. The summed E-state index contributed by atoms with van der Waals surface area (Å²) >= 11 is 1.50. The van der Waals surface area contributed by atoms with Crippen LogP contribution in [0.1, 0.15) is 45.6 Å². The van der Waals surface area contributed by atoms with Gasteiger partial charge in [0, 0.05) is 23.5 Å². The maximum atomic E-state index is 13.5. The van der Waals surface area contributed by atoms with E-state index in [2.05, 4.69) is 18.2 Å². The number of carbonyl (C=O) groups is 1. The maximum Gasteiger partial charge on any atom is 0.264 e. The van der Waals surface area contributed by atoms with Crippen LogP contribution in [0.15, 0.2) is 53.9 Å². The zero-order chi connectivity index (χ0) is 23.9. The number of para-hydroxylation sites is 1. The molecular weight excluding hydrogens is 456 g/mol. The van der Waals surface area contributed by atoms with E-state index >= 15 is 0 Å². The van der Waals surface area contributed by atoms with Gasteiger partial charge in [-0.15, -0.1) is 11.3 Å². The van der Waals surface area contributed by atoms with Crippen molar-refractivity contribution in [2.24, 2.45) is 0 Å². The first-order valence-corrected chi connectivity index (χ1v) is 13.1. The minimum atomic E-state index is 0.0973. The zero-order valence-electron chi connectivity index (χ0n) is 20.0. The number of fused-ring (bicyclic) bond motifs is 2. The number of hydrogen-bond acceptors (Lipinski definition) is 5. The Hall–Kier alpha value is -3.38. The largest absolute Gasteiger partial charge is 0.493 e. The van der Waals surface area contributed by atoms with Crippen LogP contribution in [0.2, 0.25) is 0 Å². The second-order valence-electron chi connectivity index (χ2n) is 9.35. The van der Waals surface area contributed by atoms with Crippen LogP contribution in [0.3, 0.4) is 0 Å². The smallest absolute Gasteiger partial charge is 0.264 e. The number of aryl methyl sites for hydroxylation is 2. The van der Waals surface area contributed by atoms with E-state index in [1.165, 1.54) is 28.9 Å². The van der Waals surface area contributed by atoms with Crippen LogP contribution >= 0.6 is 11.3 Å². The minimum absolute atomic E-state index is 0.0973. The first-order chi connectivity index (χ1) is 17.2. The highest BCUT2D eigenvalue weighted by Gasteiger charge is 2.34. The van der Waals surface area contributed by atoms with E-state index in [1.54, 1.807) is 14.2 Å². The number of methoxy groups -OCH3 is 2. The molecular formula is C29H28N2O3S. The molecule has 0 unspecified atom stereocenters. The Kier molecular flexibility index (Phi) is 5.69. The molecule has 0 N–H and O–H groups in total. The van der Waals surface area contributed by atoms with Crippen molar-refractivity contribution in [2.75, 3.05) is 14.2 Å². The van der Waals surface area contributed by atoms with Gasteiger partial charge in [0.1, 0.15) is 0 Å². The van der Waals surface area contributed by atoms with Gasteiger partial charge in [0.15, 0.2) is 11.5 Å². The van der Waals surface area contributed by atoms with Crippen LogP contribution in [0.4, 0.5) is 0 Å². The minimum Gasteiger partial charge on any atom is -0.493 e. The molecule has 2 aromatic heterocycles. The molecule has 0 spiro atoms. The number of ether oxygens (including phenoxy) is 2. The molecule has 0 saturated heterocycles. The van der Waals surface area contributed by atoms with Crippen LogP contribution in [-0.4, -0.2) is 36.1 Å². The Bertz CT molecular complexity index is 1410. The molecule has 5 nitrogen and oxygen atoms in total. The second kappa shape index (κ2) is 9.00. The molecule has 6 rings (SSSR count). The van der Waals surface area contributed by atoms with Gasteiger partial charge < -0.3 is 14.4 Å². The van der Waals surface area contributed by atoms with E-state index in [1.807, 2.05) is 40.6 Å². The molecule has 178 valence electrons. The fourth-order valence-electron chi connectivity index (χ4n) is 5.20. The van der Waals surface area contributed by atoms with Gasteiger partial charge in [-0.25, -0.2) is 4.98 Å². The van der Waals surface area contributed by atoms with Gasteiger partial charge >= 0.3 is 0 Å². The zero-order valence-corrected chi connectivity index (χ0v) is 20.9. The first kappa shape index (κ1) is 22.1. The molecule has 1 amide bonds. The van der Waals surface area contributed by atoms with Gasteiger partial charge in [0.25, 0.3) is 5.91 Å². The highest BCUT2D eigenvalue weighted by molar-refractivity contribution is 7.12. The number of carbonyl (C=O) groups excluding carboxylic acids is 1. The predicted octanol–water partition coefficient (Wildman–Crippen LogP) is 6.27. The summed E-state index contributed by atoms with van der Waals surface area (Å²) in [7, 11) is 3.31. The lowest BCUT2D eigenvalue weighted by atomic mass is 9.99. The molecule has 2 aliphatic carbocycles. The monoisotopic (exact) mass is 484 g/mol. The van der Waals surface area contributed by atoms with Crippen molar-refractivity contribution < 1.29 is 14.3 Å². The number of hydrogen-bond donors (Lipinski definition) is 0. The van der Waals surface area contributed by atoms with Crippen molar-refractivity contribution in [1.29, 1.82) is 0 Å². The second-order valence-corrected chi connectivity index (χ2v) is 10.3. The molecule has 2 aromatic carbocycles. The standard InChI is InChI=1S/C29H28N2O3S/c1-33-25-9-4-8-23(28(25)34-2)27-21(15-20-14-18-6-3-7-19(18)16-24(20)30-27)17-31(22-11-12-22)29(32)26-10-5-13-35-26/h4-5,8-10,13-16,22H,3,6-7,11-12,17H2,1-2H3. The van der Waals surface area contributed by atoms with E-state index in [0.29, 0.717) is 18.0 Å². The molecule has 1 saturated carbocycles. The van der Waals surface area contributed by atoms with Crippen LogP contribution in [0.5, 0.6) is 11.5 Å². The van der Waals surface area contributed by atoms with Gasteiger partial charge in [-0.2, -0.15) is 0 Å². The Morgan fingerprint density at radius 3 is 2.60 bits per heavy atom. The van der Waals surface area contributed by atoms with E-state index < -0.39 is 0 Å². The fraction of sp³-hybridized carbons (Fsp3) is 0.310. The first-order valence-electron chi connectivity index (χ1n) is 12.2. The highest BCUT2D eigenvalue weighted by atomic mass is 32.1. The Morgan fingerprint density at radius 1 is 1.06 bits per heavy atom. The molecule has 0 bridgehead atoms. The van der Waals surface area contributed by atoms with Gasteiger partial charge in [-0.1, -0.05) is 12.1 Å². The van der Waals surface area contributed by atoms with E-state index in [9.17, 15) is 4.79 Å². The number of amides is 1. The van der Waals surface area contributed by atoms with Crippen molar-refractivity contribution in [3.05, 3.63) is 75.5 Å². The summed E-state index contributed by atoms with van der Waals surface area (Å²) in [6.45, 7) is 0.511. The van der Waals surface area contributed by atoms with Gasteiger partial charge in [0.2, 0.25) is 0 Å². The molecule has 35 heavy (non-hydrogen) atoms. The molecule has 6 heteroatoms. The quantitative estimate of drug-likeness (QED) is 0.310. The molecule has 4 aromatic rings. The number of rotatable bonds is 7. The summed E-state index contributed by atoms with van der Waals surface area (Å²) in [4.78, 5) is 21.4. The van der Waals surface area contributed by atoms with E-state index in [-0.39, 0.29) is 11.9 Å². The normalized spacial score (nSPS) is 14.7. The summed E-state index contributed by atoms with van der Waals surface area (Å²) in [6, 6.07) is 16.8. The number of aromatic nitrogens is 1. The third kappa shape index (κ3) is 4.06. The molecule has 1 fully saturated rings. The Morgan fingerprint density at radius 2 is 1.89 bits per heavy atom. The average Bonchev–Trinajstić information content (AvgIpc) is 3.37. The Labute approximate surface area is 209 Å². The van der Waals surface area contributed by atoms with Crippen LogP contribution < -0.4 is 9.47 Å². The van der Waals surface area contributed by atoms with Gasteiger partial charge in [-0.05, 0) is 90.6 Å². The Balaban J connectivity index is 1.52. The molecule has 2 heterocycles. The van der Waals surface area contributed by atoms with Gasteiger partial charge in [-0.3, -0.25) is 4.79 Å². The number of thiophene rings is 1. The topological polar surface area (TPSA) is 51.7 Å². The van der Waals surface area contributed by atoms with E-state index in [4.69, 9.17) is 14.5 Å². The molecule has 0 aliphatic heterocycles. The van der Waals surface area contributed by atoms with Crippen molar-refractivity contribution in [3.8, 4) is 22.8 Å². The van der Waals surface area contributed by atoms with Gasteiger partial charge in [0.05, 0.1) is 30.3 Å². The lowest BCUT2D eigenvalue weighted by Gasteiger charge is -2.24. The molecule has 2 aliphatic rings. The summed E-state index contributed by atoms with van der Waals surface area (Å²) in [5.41, 5.74) is 6.55. The van der Waals surface area contributed by atoms with Crippen molar-refractivity contribution in [2.45, 2.75) is 44.7 Å². The van der Waals surface area contributed by atoms with E-state index in [0.717, 1.165) is 58.3 Å². The van der Waals surface area contributed by atoms with Crippen LogP contribution in [0.25, 0.3) is 22.2 Å². The highest BCUT2D eigenvalue weighted by Crippen LogP contribution is 2.41. The average molecular weight is 485 g/mol. The lowest BCUT2D eigenvalue weighted by molar-refractivity contribution is 0.0735. The predicted molar refractivity (Wildman–Crippen MR) is 140 cm³/mol. The SMILES string of the molecule is COc1cccc(-c2nc3cc4c(cc3cc2CN(C(=O)c2cccs2)C2CC2)CCC4)c1OC. The van der Waals surface area contributed by atoms with Crippen LogP contribution in [0, 0.1) is 0 Å².